The van der Waals surface area contributed by atoms with Gasteiger partial charge in [0.2, 0.25) is 5.96 Å². The van der Waals surface area contributed by atoms with Gasteiger partial charge in [0.25, 0.3) is 0 Å². The van der Waals surface area contributed by atoms with Crippen molar-refractivity contribution in [3.05, 3.63) is 16.6 Å². The molecular weight excluding hydrogens is 258 g/mol. The monoisotopic (exact) mass is 281 g/mol. The zero-order valence-electron chi connectivity index (χ0n) is 11.4. The Morgan fingerprint density at radius 1 is 1.53 bits per heavy atom. The maximum atomic E-state index is 5.59. The van der Waals surface area contributed by atoms with Crippen molar-refractivity contribution in [1.29, 1.82) is 0 Å². The first kappa shape index (κ1) is 14.3. The summed E-state index contributed by atoms with van der Waals surface area (Å²) in [6, 6.07) is 0.583. The summed E-state index contributed by atoms with van der Waals surface area (Å²) in [6.45, 7) is 2.13. The van der Waals surface area contributed by atoms with Gasteiger partial charge in [-0.15, -0.1) is 11.3 Å². The molecule has 1 fully saturated rings. The van der Waals surface area contributed by atoms with Crippen LogP contribution in [0, 0.1) is 0 Å². The smallest absolute Gasteiger partial charge is 0.206 e. The number of aromatic nitrogens is 1. The van der Waals surface area contributed by atoms with E-state index < -0.39 is 0 Å². The van der Waals surface area contributed by atoms with Crippen molar-refractivity contribution < 1.29 is 0 Å². The van der Waals surface area contributed by atoms with Crippen LogP contribution in [0.4, 0.5) is 0 Å². The highest BCUT2D eigenvalue weighted by molar-refractivity contribution is 7.09. The molecule has 1 aliphatic carbocycles. The first-order chi connectivity index (χ1) is 9.33. The lowest BCUT2D eigenvalue weighted by Crippen LogP contribution is -2.44. The fraction of sp³-hybridized carbons (Fsp3) is 0.692. The largest absolute Gasteiger partial charge is 0.346 e. The summed E-state index contributed by atoms with van der Waals surface area (Å²) >= 11 is 1.66. The molecule has 4 N–H and O–H groups in total. The van der Waals surface area contributed by atoms with Crippen molar-refractivity contribution in [3.63, 3.8) is 0 Å². The minimum Gasteiger partial charge on any atom is -0.346 e. The molecule has 6 heteroatoms. The Bertz CT molecular complexity index is 384. The van der Waals surface area contributed by atoms with Crippen LogP contribution in [0.5, 0.6) is 0 Å². The quantitative estimate of drug-likeness (QED) is 0.343. The number of hydrogen-bond donors (Lipinski definition) is 3. The first-order valence-electron chi connectivity index (χ1n) is 7.03. The third-order valence-electron chi connectivity index (χ3n) is 3.49. The van der Waals surface area contributed by atoms with Gasteiger partial charge in [-0.1, -0.05) is 26.2 Å². The molecule has 0 amide bonds. The number of thiazole rings is 1. The van der Waals surface area contributed by atoms with Crippen molar-refractivity contribution >= 4 is 17.3 Å². The standard InChI is InChI=1S/C13H23N5S/c1-2-11(12-15-8-9-19-12)17-13(18-14)16-10-6-4-3-5-7-10/h8-11H,2-7,14H2,1H3,(H2,16,17,18). The third kappa shape index (κ3) is 4.18. The van der Waals surface area contributed by atoms with Gasteiger partial charge in [0.05, 0.1) is 12.1 Å². The van der Waals surface area contributed by atoms with Crippen LogP contribution in [0.15, 0.2) is 16.6 Å². The Hall–Kier alpha value is -1.14. The number of nitrogens with two attached hydrogens (primary N) is 1. The lowest BCUT2D eigenvalue weighted by molar-refractivity contribution is 0.439. The number of nitrogens with zero attached hydrogens (tertiary/aromatic N) is 2. The van der Waals surface area contributed by atoms with Crippen molar-refractivity contribution in [1.82, 2.24) is 15.7 Å². The minimum atomic E-state index is 0.179. The Morgan fingerprint density at radius 2 is 2.32 bits per heavy atom. The van der Waals surface area contributed by atoms with Gasteiger partial charge in [-0.3, -0.25) is 5.43 Å². The van der Waals surface area contributed by atoms with Crippen LogP contribution in [0.2, 0.25) is 0 Å². The molecule has 19 heavy (non-hydrogen) atoms. The lowest BCUT2D eigenvalue weighted by atomic mass is 9.96. The van der Waals surface area contributed by atoms with Gasteiger partial charge in [-0.05, 0) is 19.3 Å². The van der Waals surface area contributed by atoms with Crippen LogP contribution in [0.3, 0.4) is 0 Å². The second-order valence-electron chi connectivity index (χ2n) is 4.89. The van der Waals surface area contributed by atoms with Gasteiger partial charge < -0.3 is 5.32 Å². The molecule has 0 aromatic carbocycles. The van der Waals surface area contributed by atoms with Gasteiger partial charge in [-0.25, -0.2) is 15.8 Å². The number of hydrazine groups is 1. The number of hydrogen-bond acceptors (Lipinski definition) is 4. The second kappa shape index (κ2) is 7.45. The SMILES string of the molecule is CCC(NC(=NC1CCCCC1)NN)c1nccs1. The average Bonchev–Trinajstić information content (AvgIpc) is 2.98. The fourth-order valence-corrected chi connectivity index (χ4v) is 3.19. The number of nitrogens with one attached hydrogen (secondary N) is 2. The molecule has 0 radical (unpaired) electrons. The summed E-state index contributed by atoms with van der Waals surface area (Å²) < 4.78 is 0. The van der Waals surface area contributed by atoms with Gasteiger partial charge >= 0.3 is 0 Å². The van der Waals surface area contributed by atoms with E-state index in [1.54, 1.807) is 11.3 Å². The Balaban J connectivity index is 1.98. The van der Waals surface area contributed by atoms with Crippen molar-refractivity contribution in [2.24, 2.45) is 10.8 Å². The highest BCUT2D eigenvalue weighted by Gasteiger charge is 2.16. The summed E-state index contributed by atoms with van der Waals surface area (Å²) in [5.41, 5.74) is 2.69. The molecule has 5 nitrogen and oxygen atoms in total. The van der Waals surface area contributed by atoms with Crippen molar-refractivity contribution in [2.45, 2.75) is 57.5 Å². The van der Waals surface area contributed by atoms with Crippen LogP contribution in [-0.2, 0) is 0 Å². The predicted octanol–water partition coefficient (Wildman–Crippen LogP) is 2.34. The summed E-state index contributed by atoms with van der Waals surface area (Å²) in [7, 11) is 0. The van der Waals surface area contributed by atoms with E-state index >= 15 is 0 Å². The van der Waals surface area contributed by atoms with Gasteiger partial charge in [0, 0.05) is 11.6 Å². The van der Waals surface area contributed by atoms with E-state index in [2.05, 4.69) is 22.7 Å². The lowest BCUT2D eigenvalue weighted by Gasteiger charge is -2.22. The zero-order valence-corrected chi connectivity index (χ0v) is 12.2. The van der Waals surface area contributed by atoms with Crippen molar-refractivity contribution in [3.8, 4) is 0 Å². The highest BCUT2D eigenvalue weighted by atomic mass is 32.1. The molecule has 1 saturated carbocycles. The molecule has 1 aromatic heterocycles. The molecule has 1 atom stereocenters. The Kier molecular flexibility index (Phi) is 5.60. The Labute approximate surface area is 118 Å². The van der Waals surface area contributed by atoms with Crippen LogP contribution in [0.25, 0.3) is 0 Å². The first-order valence-corrected chi connectivity index (χ1v) is 7.91. The van der Waals surface area contributed by atoms with E-state index in [0.717, 1.165) is 11.4 Å². The number of rotatable bonds is 4. The fourth-order valence-electron chi connectivity index (χ4n) is 2.42. The molecule has 1 unspecified atom stereocenters. The maximum absolute atomic E-state index is 5.59. The van der Waals surface area contributed by atoms with E-state index in [1.807, 2.05) is 11.6 Å². The van der Waals surface area contributed by atoms with E-state index in [-0.39, 0.29) is 6.04 Å². The molecule has 0 saturated heterocycles. The number of aliphatic imine (C=N–C) groups is 1. The molecule has 1 aliphatic rings. The van der Waals surface area contributed by atoms with Gasteiger partial charge in [-0.2, -0.15) is 0 Å². The average molecular weight is 281 g/mol. The summed E-state index contributed by atoms with van der Waals surface area (Å²) in [4.78, 5) is 9.05. The predicted molar refractivity (Wildman–Crippen MR) is 79.9 cm³/mol. The molecular formula is C13H23N5S. The van der Waals surface area contributed by atoms with E-state index in [0.29, 0.717) is 12.0 Å². The minimum absolute atomic E-state index is 0.179. The van der Waals surface area contributed by atoms with Crippen molar-refractivity contribution in [2.75, 3.05) is 0 Å². The van der Waals surface area contributed by atoms with E-state index in [4.69, 9.17) is 10.8 Å². The molecule has 0 bridgehead atoms. The molecule has 106 valence electrons. The zero-order chi connectivity index (χ0) is 13.5. The summed E-state index contributed by atoms with van der Waals surface area (Å²) in [5, 5.41) is 6.44. The molecule has 1 heterocycles. The van der Waals surface area contributed by atoms with Crippen LogP contribution in [0.1, 0.15) is 56.5 Å². The van der Waals surface area contributed by atoms with E-state index in [1.165, 1.54) is 32.1 Å². The Morgan fingerprint density at radius 3 is 2.89 bits per heavy atom. The van der Waals surface area contributed by atoms with Gasteiger partial charge in [0.1, 0.15) is 5.01 Å². The molecule has 1 aromatic rings. The highest BCUT2D eigenvalue weighted by Crippen LogP contribution is 2.21. The van der Waals surface area contributed by atoms with Crippen LogP contribution < -0.4 is 16.6 Å². The summed E-state index contributed by atoms with van der Waals surface area (Å²) in [6.07, 6.45) is 9.01. The normalized spacial score (nSPS) is 19.2. The molecule has 0 aliphatic heterocycles. The van der Waals surface area contributed by atoms with E-state index in [9.17, 15) is 0 Å². The van der Waals surface area contributed by atoms with Crippen LogP contribution >= 0.6 is 11.3 Å². The van der Waals surface area contributed by atoms with Crippen LogP contribution in [-0.4, -0.2) is 17.0 Å². The topological polar surface area (TPSA) is 75.3 Å². The molecule has 2 rings (SSSR count). The maximum Gasteiger partial charge on any atom is 0.206 e. The third-order valence-corrected chi connectivity index (χ3v) is 4.38. The summed E-state index contributed by atoms with van der Waals surface area (Å²) in [5.74, 6) is 6.27. The number of guanidine groups is 1. The molecule has 0 spiro atoms. The second-order valence-corrected chi connectivity index (χ2v) is 5.82. The van der Waals surface area contributed by atoms with Gasteiger partial charge in [0.15, 0.2) is 0 Å².